The normalized spacial score (nSPS) is 16.9. The minimum Gasteiger partial charge on any atom is -0.481 e. The van der Waals surface area contributed by atoms with Crippen LogP contribution in [-0.4, -0.2) is 83.1 Å². The molecule has 0 aliphatic carbocycles. The highest BCUT2D eigenvalue weighted by atomic mass is 16.4. The van der Waals surface area contributed by atoms with Crippen LogP contribution in [0.2, 0.25) is 0 Å². The van der Waals surface area contributed by atoms with Crippen molar-refractivity contribution in [2.45, 2.75) is 62.7 Å². The molecule has 10 N–H and O–H groups in total. The molecule has 1 aliphatic rings. The summed E-state index contributed by atoms with van der Waals surface area (Å²) in [7, 11) is 0. The van der Waals surface area contributed by atoms with Gasteiger partial charge in [0.25, 0.3) is 0 Å². The number of aliphatic imine (C=N–C) groups is 1. The Morgan fingerprint density at radius 2 is 1.63 bits per heavy atom. The summed E-state index contributed by atoms with van der Waals surface area (Å²) < 4.78 is 0. The van der Waals surface area contributed by atoms with Gasteiger partial charge in [-0.2, -0.15) is 0 Å². The van der Waals surface area contributed by atoms with Crippen LogP contribution in [0.3, 0.4) is 0 Å². The van der Waals surface area contributed by atoms with Crippen LogP contribution in [0.5, 0.6) is 0 Å². The van der Waals surface area contributed by atoms with Crippen LogP contribution in [-0.2, 0) is 30.4 Å². The summed E-state index contributed by atoms with van der Waals surface area (Å²) >= 11 is 0. The van der Waals surface area contributed by atoms with Gasteiger partial charge in [-0.1, -0.05) is 30.3 Å². The summed E-state index contributed by atoms with van der Waals surface area (Å²) in [5.74, 6) is -4.92. The molecule has 1 saturated heterocycles. The van der Waals surface area contributed by atoms with Crippen LogP contribution in [0.15, 0.2) is 35.3 Å². The van der Waals surface area contributed by atoms with E-state index in [1.807, 2.05) is 0 Å². The van der Waals surface area contributed by atoms with Gasteiger partial charge in [-0.3, -0.25) is 24.2 Å². The smallest absolute Gasteiger partial charge is 0.326 e. The molecule has 1 aromatic rings. The van der Waals surface area contributed by atoms with Gasteiger partial charge in [0.2, 0.25) is 17.7 Å². The molecule has 2 rings (SSSR count). The van der Waals surface area contributed by atoms with E-state index in [9.17, 15) is 34.2 Å². The Morgan fingerprint density at radius 1 is 0.974 bits per heavy atom. The Bertz CT molecular complexity index is 1010. The van der Waals surface area contributed by atoms with Gasteiger partial charge in [0, 0.05) is 13.0 Å². The Kier molecular flexibility index (Phi) is 12.0. The van der Waals surface area contributed by atoms with Crippen LogP contribution in [0, 0.1) is 0 Å². The highest BCUT2D eigenvalue weighted by Gasteiger charge is 2.32. The van der Waals surface area contributed by atoms with E-state index in [-0.39, 0.29) is 31.8 Å². The number of carboxylic acid groups (broad SMARTS) is 2. The van der Waals surface area contributed by atoms with Gasteiger partial charge in [-0.05, 0) is 37.8 Å². The van der Waals surface area contributed by atoms with Gasteiger partial charge in [-0.15, -0.1) is 0 Å². The first-order chi connectivity index (χ1) is 18.1. The van der Waals surface area contributed by atoms with E-state index in [0.717, 1.165) is 6.42 Å². The molecule has 14 heteroatoms. The summed E-state index contributed by atoms with van der Waals surface area (Å²) in [5, 5.41) is 29.2. The second-order valence-electron chi connectivity index (χ2n) is 8.91. The molecular weight excluding hydrogens is 498 g/mol. The number of benzene rings is 1. The maximum Gasteiger partial charge on any atom is 0.326 e. The zero-order valence-corrected chi connectivity index (χ0v) is 20.9. The van der Waals surface area contributed by atoms with Crippen LogP contribution in [0.4, 0.5) is 0 Å². The first-order valence-corrected chi connectivity index (χ1v) is 12.2. The number of aliphatic carboxylic acids is 2. The fraction of sp³-hybridized carbons (Fsp3) is 0.500. The summed E-state index contributed by atoms with van der Waals surface area (Å²) in [5.41, 5.74) is 11.2. The molecule has 0 saturated carbocycles. The van der Waals surface area contributed by atoms with Crippen LogP contribution in [0.25, 0.3) is 0 Å². The van der Waals surface area contributed by atoms with Crippen LogP contribution in [0.1, 0.15) is 37.7 Å². The van der Waals surface area contributed by atoms with E-state index in [1.54, 1.807) is 30.3 Å². The summed E-state index contributed by atoms with van der Waals surface area (Å²) in [4.78, 5) is 65.7. The van der Waals surface area contributed by atoms with E-state index in [0.29, 0.717) is 18.5 Å². The first kappa shape index (κ1) is 30.0. The highest BCUT2D eigenvalue weighted by molar-refractivity contribution is 5.95. The fourth-order valence-corrected chi connectivity index (χ4v) is 3.93. The highest BCUT2D eigenvalue weighted by Crippen LogP contribution is 2.08. The Balaban J connectivity index is 2.16. The van der Waals surface area contributed by atoms with Gasteiger partial charge in [0.1, 0.15) is 18.1 Å². The lowest BCUT2D eigenvalue weighted by molar-refractivity contribution is -0.143. The largest absolute Gasteiger partial charge is 0.481 e. The second kappa shape index (κ2) is 15.1. The fourth-order valence-electron chi connectivity index (χ4n) is 3.93. The summed E-state index contributed by atoms with van der Waals surface area (Å²) in [6, 6.07) is 4.16. The molecule has 14 nitrogen and oxygen atoms in total. The monoisotopic (exact) mass is 533 g/mol. The van der Waals surface area contributed by atoms with E-state index >= 15 is 0 Å². The number of nitrogens with zero attached hydrogens (tertiary/aromatic N) is 1. The van der Waals surface area contributed by atoms with Gasteiger partial charge in [0.05, 0.1) is 12.5 Å². The number of nitrogens with one attached hydrogen (secondary N) is 4. The number of nitrogens with two attached hydrogens (primary N) is 2. The van der Waals surface area contributed by atoms with Crippen molar-refractivity contribution >= 4 is 35.6 Å². The lowest BCUT2D eigenvalue weighted by Gasteiger charge is -2.25. The van der Waals surface area contributed by atoms with E-state index in [1.165, 1.54) is 0 Å². The number of carbonyl (C=O) groups excluding carboxylic acids is 3. The molecule has 0 bridgehead atoms. The lowest BCUT2D eigenvalue weighted by atomic mass is 10.0. The quantitative estimate of drug-likeness (QED) is 0.0704. The molecule has 0 radical (unpaired) electrons. The molecule has 4 atom stereocenters. The summed E-state index contributed by atoms with van der Waals surface area (Å²) in [6.07, 6.45) is 0.905. The SMILES string of the molecule is NC(N)=NCCCC(NC(=O)C(Cc1ccccc1)NC(=O)C(CC(=O)O)NC(=O)C1CCCN1)C(=O)O. The summed E-state index contributed by atoms with van der Waals surface area (Å²) in [6.45, 7) is 0.794. The molecule has 1 aliphatic heterocycles. The Hall–Kier alpha value is -4.20. The molecule has 1 heterocycles. The molecule has 1 fully saturated rings. The maximum atomic E-state index is 13.1. The average molecular weight is 534 g/mol. The third-order valence-corrected chi connectivity index (χ3v) is 5.86. The van der Waals surface area contributed by atoms with Crippen molar-refractivity contribution in [1.29, 1.82) is 0 Å². The Labute approximate surface area is 219 Å². The van der Waals surface area contributed by atoms with Gasteiger partial charge in [0.15, 0.2) is 5.96 Å². The topological polar surface area (TPSA) is 238 Å². The number of amides is 3. The third-order valence-electron chi connectivity index (χ3n) is 5.86. The van der Waals surface area contributed by atoms with E-state index in [2.05, 4.69) is 26.3 Å². The molecule has 3 amide bonds. The molecule has 0 aromatic heterocycles. The van der Waals surface area contributed by atoms with Gasteiger partial charge in [-0.25, -0.2) is 4.79 Å². The molecule has 208 valence electrons. The molecule has 0 spiro atoms. The third kappa shape index (κ3) is 10.4. The van der Waals surface area contributed by atoms with Crippen molar-refractivity contribution in [3.05, 3.63) is 35.9 Å². The van der Waals surface area contributed by atoms with Gasteiger partial charge < -0.3 is 42.9 Å². The minimum absolute atomic E-state index is 0.00330. The minimum atomic E-state index is -1.44. The predicted octanol–water partition coefficient (Wildman–Crippen LogP) is -1.95. The number of hydrogen-bond donors (Lipinski definition) is 8. The first-order valence-electron chi connectivity index (χ1n) is 12.2. The number of carboxylic acids is 2. The zero-order chi connectivity index (χ0) is 28.1. The average Bonchev–Trinajstić information content (AvgIpc) is 3.40. The van der Waals surface area contributed by atoms with Crippen molar-refractivity contribution < 1.29 is 34.2 Å². The van der Waals surface area contributed by atoms with Crippen molar-refractivity contribution in [3.63, 3.8) is 0 Å². The second-order valence-corrected chi connectivity index (χ2v) is 8.91. The predicted molar refractivity (Wildman–Crippen MR) is 137 cm³/mol. The number of rotatable bonds is 15. The van der Waals surface area contributed by atoms with Gasteiger partial charge >= 0.3 is 11.9 Å². The zero-order valence-electron chi connectivity index (χ0n) is 20.9. The van der Waals surface area contributed by atoms with Crippen LogP contribution >= 0.6 is 0 Å². The van der Waals surface area contributed by atoms with Crippen LogP contribution < -0.4 is 32.7 Å². The van der Waals surface area contributed by atoms with E-state index < -0.39 is 60.2 Å². The van der Waals surface area contributed by atoms with Crippen molar-refractivity contribution in [3.8, 4) is 0 Å². The molecule has 1 aromatic carbocycles. The van der Waals surface area contributed by atoms with Crippen molar-refractivity contribution in [2.24, 2.45) is 16.5 Å². The van der Waals surface area contributed by atoms with Crippen molar-refractivity contribution in [1.82, 2.24) is 21.3 Å². The Morgan fingerprint density at radius 3 is 2.21 bits per heavy atom. The number of hydrogen-bond acceptors (Lipinski definition) is 7. The molecule has 4 unspecified atom stereocenters. The number of guanidine groups is 1. The standard InChI is InChI=1S/C24H35N7O7/c25-24(26)28-11-5-9-16(23(37)38)29-21(35)17(12-14-6-2-1-3-7-14)30-22(36)18(13-19(32)33)31-20(34)15-8-4-10-27-15/h1-3,6-7,15-18,27H,4-5,8-13H2,(H,29,35)(H,30,36)(H,31,34)(H,32,33)(H,37,38)(H4,25,26,28). The lowest BCUT2D eigenvalue weighted by Crippen LogP contribution is -2.58. The van der Waals surface area contributed by atoms with E-state index in [4.69, 9.17) is 11.5 Å². The number of carbonyl (C=O) groups is 5. The van der Waals surface area contributed by atoms with Crippen molar-refractivity contribution in [2.75, 3.05) is 13.1 Å². The molecular formula is C24H35N7O7. The molecule has 38 heavy (non-hydrogen) atoms. The maximum absolute atomic E-state index is 13.1.